The highest BCUT2D eigenvalue weighted by molar-refractivity contribution is 7.99. The largest absolute Gasteiger partial charge is 0.434 e. The predicted octanol–water partition coefficient (Wildman–Crippen LogP) is 4.66. The van der Waals surface area contributed by atoms with Crippen molar-refractivity contribution in [3.8, 4) is 17.4 Å². The van der Waals surface area contributed by atoms with E-state index >= 15 is 0 Å². The van der Waals surface area contributed by atoms with Gasteiger partial charge in [0.25, 0.3) is 5.88 Å². The Kier molecular flexibility index (Phi) is 5.41. The van der Waals surface area contributed by atoms with E-state index in [0.717, 1.165) is 41.2 Å². The van der Waals surface area contributed by atoms with E-state index in [1.807, 2.05) is 30.8 Å². The molecule has 0 unspecified atom stereocenters. The zero-order valence-corrected chi connectivity index (χ0v) is 16.6. The molecule has 142 valence electrons. The maximum absolute atomic E-state index is 12.5. The zero-order valence-electron chi connectivity index (χ0n) is 15.0. The van der Waals surface area contributed by atoms with Gasteiger partial charge in [0.05, 0.1) is 0 Å². The molecule has 0 atom stereocenters. The maximum atomic E-state index is 12.5. The Morgan fingerprint density at radius 2 is 2.04 bits per heavy atom. The summed E-state index contributed by atoms with van der Waals surface area (Å²) in [5, 5.41) is 8.03. The number of aromatic nitrogens is 2. The van der Waals surface area contributed by atoms with Gasteiger partial charge in [0.2, 0.25) is 0 Å². The molecule has 6 nitrogen and oxygen atoms in total. The summed E-state index contributed by atoms with van der Waals surface area (Å²) < 4.78 is 11.6. The topological polar surface area (TPSA) is 64.6 Å². The molecule has 1 saturated carbocycles. The van der Waals surface area contributed by atoms with Crippen molar-refractivity contribution in [3.63, 3.8) is 0 Å². The second kappa shape index (κ2) is 7.94. The van der Waals surface area contributed by atoms with Gasteiger partial charge in [-0.05, 0) is 36.8 Å². The second-order valence-corrected chi connectivity index (χ2v) is 8.29. The van der Waals surface area contributed by atoms with E-state index in [4.69, 9.17) is 21.1 Å². The van der Waals surface area contributed by atoms with Crippen molar-refractivity contribution in [2.75, 3.05) is 24.6 Å². The van der Waals surface area contributed by atoms with E-state index in [9.17, 15) is 4.79 Å². The molecule has 4 rings (SSSR count). The molecular formula is C19H20ClN3O3S. The Hall–Kier alpha value is -1.99. The number of halogens is 1. The van der Waals surface area contributed by atoms with Crippen LogP contribution in [0.2, 0.25) is 5.15 Å². The quantitative estimate of drug-likeness (QED) is 0.737. The molecule has 0 N–H and O–H groups in total. The minimum atomic E-state index is -0.420. The number of para-hydroxylation sites is 1. The van der Waals surface area contributed by atoms with Crippen molar-refractivity contribution < 1.29 is 14.3 Å². The van der Waals surface area contributed by atoms with Crippen molar-refractivity contribution in [3.05, 3.63) is 40.5 Å². The number of nitrogens with zero attached hydrogens (tertiary/aromatic N) is 3. The van der Waals surface area contributed by atoms with Crippen molar-refractivity contribution in [1.29, 1.82) is 0 Å². The summed E-state index contributed by atoms with van der Waals surface area (Å²) in [5.74, 6) is 3.41. The molecule has 2 aromatic rings. The normalized spacial score (nSPS) is 16.9. The Labute approximate surface area is 167 Å². The number of rotatable bonds is 4. The van der Waals surface area contributed by atoms with E-state index < -0.39 is 6.09 Å². The molecule has 2 fully saturated rings. The summed E-state index contributed by atoms with van der Waals surface area (Å²) in [4.78, 5) is 14.2. The molecule has 1 aliphatic heterocycles. The second-order valence-electron chi connectivity index (χ2n) is 6.67. The monoisotopic (exact) mass is 405 g/mol. The average Bonchev–Trinajstić information content (AvgIpc) is 3.51. The molecule has 0 bridgehead atoms. The van der Waals surface area contributed by atoms with E-state index in [-0.39, 0.29) is 16.8 Å². The highest BCUT2D eigenvalue weighted by Gasteiger charge is 2.29. The van der Waals surface area contributed by atoms with Crippen LogP contribution in [-0.4, -0.2) is 45.8 Å². The Bertz CT molecular complexity index is 854. The molecular weight excluding hydrogens is 386 g/mol. The standard InChI is InChI=1S/C19H20ClN3O3S/c1-12-3-2-4-14(13-5-6-13)17(12)26-18-15(11-16(20)21-22-18)25-19(24)23-7-9-27-10-8-23/h2-4,11,13H,5-10H2,1H3. The first-order valence-electron chi connectivity index (χ1n) is 8.97. The average molecular weight is 406 g/mol. The van der Waals surface area contributed by atoms with Crippen LogP contribution < -0.4 is 9.47 Å². The van der Waals surface area contributed by atoms with Crippen molar-refractivity contribution in [2.45, 2.75) is 25.7 Å². The molecule has 1 aromatic heterocycles. The first-order chi connectivity index (χ1) is 13.1. The first-order valence-corrected chi connectivity index (χ1v) is 10.5. The minimum absolute atomic E-state index is 0.145. The van der Waals surface area contributed by atoms with Gasteiger partial charge in [-0.15, -0.1) is 10.2 Å². The lowest BCUT2D eigenvalue weighted by Gasteiger charge is -2.25. The fourth-order valence-electron chi connectivity index (χ4n) is 3.02. The van der Waals surface area contributed by atoms with E-state index in [1.54, 1.807) is 4.90 Å². The van der Waals surface area contributed by atoms with E-state index in [1.165, 1.54) is 6.07 Å². The third kappa shape index (κ3) is 4.30. The summed E-state index contributed by atoms with van der Waals surface area (Å²) in [7, 11) is 0. The highest BCUT2D eigenvalue weighted by atomic mass is 35.5. The van der Waals surface area contributed by atoms with Crippen LogP contribution in [0.1, 0.15) is 29.9 Å². The van der Waals surface area contributed by atoms with Crippen LogP contribution >= 0.6 is 23.4 Å². The molecule has 2 heterocycles. The Morgan fingerprint density at radius 3 is 2.78 bits per heavy atom. The molecule has 8 heteroatoms. The van der Waals surface area contributed by atoms with Crippen LogP contribution in [0, 0.1) is 6.92 Å². The number of ether oxygens (including phenoxy) is 2. The van der Waals surface area contributed by atoms with E-state index in [0.29, 0.717) is 19.0 Å². The van der Waals surface area contributed by atoms with Crippen LogP contribution in [0.25, 0.3) is 0 Å². The Balaban J connectivity index is 1.59. The third-order valence-electron chi connectivity index (χ3n) is 4.62. The number of thioether (sulfide) groups is 1. The summed E-state index contributed by atoms with van der Waals surface area (Å²) in [6.45, 7) is 3.31. The van der Waals surface area contributed by atoms with Gasteiger partial charge in [0, 0.05) is 30.7 Å². The number of hydrogen-bond donors (Lipinski definition) is 0. The number of amides is 1. The zero-order chi connectivity index (χ0) is 18.8. The lowest BCUT2D eigenvalue weighted by molar-refractivity contribution is 0.155. The fraction of sp³-hybridized carbons (Fsp3) is 0.421. The van der Waals surface area contributed by atoms with Crippen LogP contribution in [0.5, 0.6) is 17.4 Å². The highest BCUT2D eigenvalue weighted by Crippen LogP contribution is 2.46. The third-order valence-corrected chi connectivity index (χ3v) is 5.75. The number of hydrogen-bond acceptors (Lipinski definition) is 6. The molecule has 0 spiro atoms. The minimum Gasteiger partial charge on any atom is -0.434 e. The van der Waals surface area contributed by atoms with Crippen molar-refractivity contribution in [2.24, 2.45) is 0 Å². The number of benzene rings is 1. The maximum Gasteiger partial charge on any atom is 0.415 e. The van der Waals surface area contributed by atoms with Gasteiger partial charge in [0.15, 0.2) is 10.9 Å². The van der Waals surface area contributed by atoms with Crippen LogP contribution in [-0.2, 0) is 0 Å². The number of carbonyl (C=O) groups excluding carboxylic acids is 1. The Morgan fingerprint density at radius 1 is 1.26 bits per heavy atom. The number of carbonyl (C=O) groups is 1. The summed E-state index contributed by atoms with van der Waals surface area (Å²) in [6.07, 6.45) is 1.89. The van der Waals surface area contributed by atoms with Crippen molar-refractivity contribution >= 4 is 29.5 Å². The fourth-order valence-corrected chi connectivity index (χ4v) is 4.06. The van der Waals surface area contributed by atoms with Crippen LogP contribution in [0.3, 0.4) is 0 Å². The molecule has 27 heavy (non-hydrogen) atoms. The van der Waals surface area contributed by atoms with Gasteiger partial charge < -0.3 is 14.4 Å². The summed E-state index contributed by atoms with van der Waals surface area (Å²) >= 11 is 7.80. The molecule has 1 aromatic carbocycles. The van der Waals surface area contributed by atoms with Gasteiger partial charge in [-0.3, -0.25) is 0 Å². The molecule has 0 radical (unpaired) electrons. The summed E-state index contributed by atoms with van der Waals surface area (Å²) in [5.41, 5.74) is 2.15. The molecule has 1 amide bonds. The van der Waals surface area contributed by atoms with Crippen molar-refractivity contribution in [1.82, 2.24) is 15.1 Å². The smallest absolute Gasteiger partial charge is 0.415 e. The SMILES string of the molecule is Cc1cccc(C2CC2)c1Oc1nnc(Cl)cc1OC(=O)N1CCSCC1. The number of aryl methyl sites for hydroxylation is 1. The van der Waals surface area contributed by atoms with Crippen LogP contribution in [0.4, 0.5) is 4.79 Å². The lowest BCUT2D eigenvalue weighted by atomic mass is 10.1. The van der Waals surface area contributed by atoms with Gasteiger partial charge in [0.1, 0.15) is 5.75 Å². The van der Waals surface area contributed by atoms with Gasteiger partial charge in [-0.1, -0.05) is 29.8 Å². The first kappa shape index (κ1) is 18.4. The lowest BCUT2D eigenvalue weighted by Crippen LogP contribution is -2.39. The summed E-state index contributed by atoms with van der Waals surface area (Å²) in [6, 6.07) is 7.55. The molecule has 1 saturated heterocycles. The van der Waals surface area contributed by atoms with Gasteiger partial charge in [-0.2, -0.15) is 11.8 Å². The molecule has 2 aliphatic rings. The van der Waals surface area contributed by atoms with Gasteiger partial charge >= 0.3 is 6.09 Å². The predicted molar refractivity (Wildman–Crippen MR) is 105 cm³/mol. The van der Waals surface area contributed by atoms with Gasteiger partial charge in [-0.25, -0.2) is 4.79 Å². The molecule has 1 aliphatic carbocycles. The van der Waals surface area contributed by atoms with Crippen LogP contribution in [0.15, 0.2) is 24.3 Å². The van der Waals surface area contributed by atoms with E-state index in [2.05, 4.69) is 16.3 Å².